The van der Waals surface area contributed by atoms with E-state index in [0.717, 1.165) is 85.5 Å². The molecule has 0 amide bonds. The van der Waals surface area contributed by atoms with Crippen molar-refractivity contribution in [3.05, 3.63) is 156 Å². The van der Waals surface area contributed by atoms with Crippen LogP contribution in [0.1, 0.15) is 36.1 Å². The molecule has 9 rings (SSSR count). The second-order valence-corrected chi connectivity index (χ2v) is 13.2. The zero-order valence-electron chi connectivity index (χ0n) is 27.1. The maximum absolute atomic E-state index is 5.41. The Hall–Kier alpha value is -5.74. The molecule has 230 valence electrons. The minimum absolute atomic E-state index is 0.278. The first-order chi connectivity index (χ1) is 23.6. The summed E-state index contributed by atoms with van der Waals surface area (Å²) in [6.45, 7) is 4.56. The van der Waals surface area contributed by atoms with Crippen LogP contribution in [0.2, 0.25) is 0 Å². The van der Waals surface area contributed by atoms with Crippen molar-refractivity contribution in [3.63, 3.8) is 0 Å². The number of rotatable bonds is 4. The van der Waals surface area contributed by atoms with Gasteiger partial charge in [-0.3, -0.25) is 0 Å². The predicted octanol–water partition coefficient (Wildman–Crippen LogP) is 10.7. The molecule has 2 unspecified atom stereocenters. The molecular formula is C44H34N4. The number of nitrogens with zero attached hydrogens (tertiary/aromatic N) is 4. The Morgan fingerprint density at radius 1 is 0.438 bits per heavy atom. The van der Waals surface area contributed by atoms with Crippen LogP contribution in [0.5, 0.6) is 0 Å². The summed E-state index contributed by atoms with van der Waals surface area (Å²) >= 11 is 0. The fourth-order valence-corrected chi connectivity index (χ4v) is 7.40. The first kappa shape index (κ1) is 28.5. The average molecular weight is 619 g/mol. The summed E-state index contributed by atoms with van der Waals surface area (Å²) in [6, 6.07) is 47.0. The van der Waals surface area contributed by atoms with Gasteiger partial charge in [0.2, 0.25) is 0 Å². The lowest BCUT2D eigenvalue weighted by Gasteiger charge is -2.28. The van der Waals surface area contributed by atoms with Crippen molar-refractivity contribution in [2.45, 2.75) is 26.7 Å². The summed E-state index contributed by atoms with van der Waals surface area (Å²) in [6.07, 6.45) is 1.91. The van der Waals surface area contributed by atoms with Gasteiger partial charge in [-0.2, -0.15) is 0 Å². The molecular weight excluding hydrogens is 585 g/mol. The summed E-state index contributed by atoms with van der Waals surface area (Å²) in [5, 5.41) is 2.16. The monoisotopic (exact) mass is 618 g/mol. The van der Waals surface area contributed by atoms with E-state index in [9.17, 15) is 0 Å². The van der Waals surface area contributed by atoms with Crippen molar-refractivity contribution in [3.8, 4) is 22.5 Å². The van der Waals surface area contributed by atoms with E-state index < -0.39 is 0 Å². The first-order valence-electron chi connectivity index (χ1n) is 16.8. The largest absolute Gasteiger partial charge is 0.250 e. The number of fused-ring (bicyclic) bond motifs is 6. The molecule has 7 aromatic rings. The Morgan fingerprint density at radius 2 is 0.896 bits per heavy atom. The topological polar surface area (TPSA) is 50.5 Å². The summed E-state index contributed by atoms with van der Waals surface area (Å²) < 4.78 is 0. The fourth-order valence-electron chi connectivity index (χ4n) is 7.40. The molecule has 0 saturated heterocycles. The lowest BCUT2D eigenvalue weighted by molar-refractivity contribution is 0.739. The van der Waals surface area contributed by atoms with Gasteiger partial charge in [0.1, 0.15) is 0 Å². The predicted molar refractivity (Wildman–Crippen MR) is 199 cm³/mol. The SMILES string of the molecule is CC1Cc2ccc3c(c2N=C1c1ccccc1)N=C(c1cccc(-c2ccc4ccc5ccc(-c6ccccc6)nc5c4n2)c1)C(C)C3. The van der Waals surface area contributed by atoms with Gasteiger partial charge in [0.25, 0.3) is 0 Å². The second-order valence-electron chi connectivity index (χ2n) is 13.2. The minimum Gasteiger partial charge on any atom is -0.250 e. The molecule has 2 aliphatic heterocycles. The Bertz CT molecular complexity index is 2430. The number of hydrogen-bond acceptors (Lipinski definition) is 4. The van der Waals surface area contributed by atoms with Gasteiger partial charge in [-0.25, -0.2) is 20.0 Å². The van der Waals surface area contributed by atoms with E-state index in [2.05, 4.69) is 129 Å². The van der Waals surface area contributed by atoms with Gasteiger partial charge in [0, 0.05) is 33.7 Å². The van der Waals surface area contributed by atoms with Crippen LogP contribution in [0.4, 0.5) is 11.4 Å². The molecule has 4 heteroatoms. The van der Waals surface area contributed by atoms with E-state index in [4.69, 9.17) is 20.0 Å². The molecule has 0 N–H and O–H groups in total. The van der Waals surface area contributed by atoms with Crippen molar-refractivity contribution < 1.29 is 0 Å². The maximum Gasteiger partial charge on any atom is 0.0972 e. The molecule has 2 aromatic heterocycles. The van der Waals surface area contributed by atoms with E-state index in [1.165, 1.54) is 16.7 Å². The molecule has 0 fully saturated rings. The molecule has 5 aromatic carbocycles. The van der Waals surface area contributed by atoms with Gasteiger partial charge in [0.05, 0.1) is 45.2 Å². The molecule has 0 spiro atoms. The molecule has 4 nitrogen and oxygen atoms in total. The van der Waals surface area contributed by atoms with Crippen molar-refractivity contribution in [2.24, 2.45) is 21.8 Å². The van der Waals surface area contributed by atoms with E-state index >= 15 is 0 Å². The molecule has 4 heterocycles. The third-order valence-electron chi connectivity index (χ3n) is 9.88. The number of hydrogen-bond donors (Lipinski definition) is 0. The van der Waals surface area contributed by atoms with Crippen molar-refractivity contribution in [1.82, 2.24) is 9.97 Å². The number of benzene rings is 5. The standard InChI is InChI=1S/C44H34N4/c1-27-24-35-18-19-36-25-28(2)40(48-44(36)43(35)47-39(27)30-12-7-4-8-13-30)34-15-9-14-33(26-34)38-23-21-32-17-16-31-20-22-37(29-10-5-3-6-11-29)45-41(31)42(32)46-38/h3-23,26-28H,24-25H2,1-2H3. The Morgan fingerprint density at radius 3 is 1.48 bits per heavy atom. The van der Waals surface area contributed by atoms with Crippen LogP contribution in [0.25, 0.3) is 44.3 Å². The van der Waals surface area contributed by atoms with Crippen LogP contribution in [0.15, 0.2) is 143 Å². The minimum atomic E-state index is 0.278. The van der Waals surface area contributed by atoms with Gasteiger partial charge in [0.15, 0.2) is 0 Å². The summed E-state index contributed by atoms with van der Waals surface area (Å²) in [5.41, 5.74) is 15.1. The van der Waals surface area contributed by atoms with Crippen molar-refractivity contribution >= 4 is 44.6 Å². The Balaban J connectivity index is 1.13. The molecule has 0 saturated carbocycles. The van der Waals surface area contributed by atoms with E-state index in [1.807, 2.05) is 18.2 Å². The molecule has 2 aliphatic rings. The summed E-state index contributed by atoms with van der Waals surface area (Å²) in [5.74, 6) is 0.632. The molecule has 0 bridgehead atoms. The fraction of sp³-hybridized carbons (Fsp3) is 0.136. The smallest absolute Gasteiger partial charge is 0.0972 e. The van der Waals surface area contributed by atoms with E-state index in [1.54, 1.807) is 0 Å². The van der Waals surface area contributed by atoms with Crippen LogP contribution in [-0.4, -0.2) is 21.4 Å². The number of aromatic nitrogens is 2. The molecule has 2 atom stereocenters. The van der Waals surface area contributed by atoms with Crippen molar-refractivity contribution in [1.29, 1.82) is 0 Å². The number of pyridine rings is 2. The molecule has 0 radical (unpaired) electrons. The highest BCUT2D eigenvalue weighted by molar-refractivity contribution is 6.09. The third kappa shape index (κ3) is 4.92. The molecule has 0 aliphatic carbocycles. The van der Waals surface area contributed by atoms with E-state index in [-0.39, 0.29) is 5.92 Å². The zero-order chi connectivity index (χ0) is 32.2. The van der Waals surface area contributed by atoms with E-state index in [0.29, 0.717) is 5.92 Å². The molecule has 48 heavy (non-hydrogen) atoms. The Kier molecular flexibility index (Phi) is 6.82. The highest BCUT2D eigenvalue weighted by Gasteiger charge is 2.28. The number of aliphatic imine (C=N–C) groups is 2. The van der Waals surface area contributed by atoms with Gasteiger partial charge >= 0.3 is 0 Å². The van der Waals surface area contributed by atoms with Crippen molar-refractivity contribution in [2.75, 3.05) is 0 Å². The van der Waals surface area contributed by atoms with Crippen LogP contribution < -0.4 is 0 Å². The van der Waals surface area contributed by atoms with Gasteiger partial charge in [-0.1, -0.05) is 129 Å². The first-order valence-corrected chi connectivity index (χ1v) is 16.8. The van der Waals surface area contributed by atoms with Gasteiger partial charge in [-0.05, 0) is 53.3 Å². The lowest BCUT2D eigenvalue weighted by Crippen LogP contribution is -2.21. The summed E-state index contributed by atoms with van der Waals surface area (Å²) in [7, 11) is 0. The van der Waals surface area contributed by atoms with Crippen LogP contribution in [0, 0.1) is 11.8 Å². The average Bonchev–Trinajstić information content (AvgIpc) is 3.14. The van der Waals surface area contributed by atoms with Gasteiger partial charge < -0.3 is 0 Å². The van der Waals surface area contributed by atoms with Crippen LogP contribution >= 0.6 is 0 Å². The highest BCUT2D eigenvalue weighted by Crippen LogP contribution is 2.44. The van der Waals surface area contributed by atoms with Gasteiger partial charge in [-0.15, -0.1) is 0 Å². The summed E-state index contributed by atoms with van der Waals surface area (Å²) in [4.78, 5) is 21.0. The quantitative estimate of drug-likeness (QED) is 0.184. The zero-order valence-corrected chi connectivity index (χ0v) is 27.1. The van der Waals surface area contributed by atoms with Crippen LogP contribution in [0.3, 0.4) is 0 Å². The lowest BCUT2D eigenvalue weighted by atomic mass is 9.84. The van der Waals surface area contributed by atoms with Crippen LogP contribution in [-0.2, 0) is 12.8 Å². The third-order valence-corrected chi connectivity index (χ3v) is 9.88. The normalized spacial score (nSPS) is 17.0. The second kappa shape index (κ2) is 11.5. The maximum atomic E-state index is 5.41. The Labute approximate surface area is 280 Å². The highest BCUT2D eigenvalue weighted by atomic mass is 14.9.